The Morgan fingerprint density at radius 1 is 1.14 bits per heavy atom. The Bertz CT molecular complexity index is 489. The number of amides is 1. The Labute approximate surface area is 126 Å². The number of hydrogen-bond donors (Lipinski definition) is 2. The van der Waals surface area contributed by atoms with E-state index in [0.29, 0.717) is 19.3 Å². The lowest BCUT2D eigenvalue weighted by atomic mass is 10.0. The van der Waals surface area contributed by atoms with Gasteiger partial charge < -0.3 is 10.4 Å². The molecule has 2 N–H and O–H groups in total. The Kier molecular flexibility index (Phi) is 6.40. The lowest BCUT2D eigenvalue weighted by molar-refractivity contribution is -0.142. The summed E-state index contributed by atoms with van der Waals surface area (Å²) in [5.41, 5.74) is 3.46. The van der Waals surface area contributed by atoms with E-state index in [1.54, 1.807) is 0 Å². The van der Waals surface area contributed by atoms with E-state index >= 15 is 0 Å². The van der Waals surface area contributed by atoms with Gasteiger partial charge in [-0.05, 0) is 38.2 Å². The number of carbonyl (C=O) groups is 2. The molecule has 0 spiro atoms. The lowest BCUT2D eigenvalue weighted by Gasteiger charge is -2.16. The van der Waals surface area contributed by atoms with Crippen molar-refractivity contribution in [2.24, 2.45) is 5.92 Å². The molecule has 0 aliphatic carbocycles. The lowest BCUT2D eigenvalue weighted by Crippen LogP contribution is -2.41. The first kappa shape index (κ1) is 17.2. The molecule has 1 aromatic carbocycles. The monoisotopic (exact) mass is 291 g/mol. The quantitative estimate of drug-likeness (QED) is 0.811. The first-order valence-electron chi connectivity index (χ1n) is 7.37. The third kappa shape index (κ3) is 6.43. The van der Waals surface area contributed by atoms with E-state index in [1.165, 1.54) is 11.1 Å². The summed E-state index contributed by atoms with van der Waals surface area (Å²) >= 11 is 0. The number of carboxylic acids is 1. The number of rotatable bonds is 7. The average molecular weight is 291 g/mol. The van der Waals surface area contributed by atoms with Gasteiger partial charge in [-0.1, -0.05) is 43.2 Å². The standard InChI is InChI=1S/C17H25NO3/c1-11(2)7-15(17(20)21)18-16(19)6-5-14-9-12(3)8-13(4)10-14/h8-11,15H,5-7H2,1-4H3,(H,18,19)(H,20,21)/t15-/m1/s1. The van der Waals surface area contributed by atoms with Crippen LogP contribution < -0.4 is 5.32 Å². The van der Waals surface area contributed by atoms with Crippen molar-refractivity contribution in [3.05, 3.63) is 34.9 Å². The second-order valence-corrected chi connectivity index (χ2v) is 6.08. The van der Waals surface area contributed by atoms with Crippen molar-refractivity contribution in [1.29, 1.82) is 0 Å². The summed E-state index contributed by atoms with van der Waals surface area (Å²) in [7, 11) is 0. The van der Waals surface area contributed by atoms with Gasteiger partial charge in [0, 0.05) is 6.42 Å². The first-order valence-corrected chi connectivity index (χ1v) is 7.37. The smallest absolute Gasteiger partial charge is 0.326 e. The molecule has 4 heteroatoms. The molecule has 0 heterocycles. The summed E-state index contributed by atoms with van der Waals surface area (Å²) in [5.74, 6) is -0.948. The number of carboxylic acid groups (broad SMARTS) is 1. The van der Waals surface area contributed by atoms with Crippen molar-refractivity contribution in [1.82, 2.24) is 5.32 Å². The Morgan fingerprint density at radius 2 is 1.71 bits per heavy atom. The van der Waals surface area contributed by atoms with E-state index in [0.717, 1.165) is 5.56 Å². The Balaban J connectivity index is 2.54. The minimum atomic E-state index is -0.969. The van der Waals surface area contributed by atoms with Gasteiger partial charge in [-0.2, -0.15) is 0 Å². The van der Waals surface area contributed by atoms with E-state index < -0.39 is 12.0 Å². The molecule has 0 bridgehead atoms. The van der Waals surface area contributed by atoms with Crippen molar-refractivity contribution in [2.45, 2.75) is 53.0 Å². The highest BCUT2D eigenvalue weighted by molar-refractivity contribution is 5.83. The van der Waals surface area contributed by atoms with E-state index in [-0.39, 0.29) is 11.8 Å². The number of hydrogen-bond acceptors (Lipinski definition) is 2. The normalized spacial score (nSPS) is 12.2. The number of carbonyl (C=O) groups excluding carboxylic acids is 1. The molecule has 1 aromatic rings. The molecule has 0 aromatic heterocycles. The largest absolute Gasteiger partial charge is 0.480 e. The van der Waals surface area contributed by atoms with Crippen LogP contribution in [0.2, 0.25) is 0 Å². The van der Waals surface area contributed by atoms with Gasteiger partial charge in [0.05, 0.1) is 0 Å². The van der Waals surface area contributed by atoms with E-state index in [1.807, 2.05) is 27.7 Å². The molecule has 4 nitrogen and oxygen atoms in total. The fourth-order valence-electron chi connectivity index (χ4n) is 2.43. The first-order chi connectivity index (χ1) is 9.77. The highest BCUT2D eigenvalue weighted by Crippen LogP contribution is 2.11. The van der Waals surface area contributed by atoms with Gasteiger partial charge in [-0.15, -0.1) is 0 Å². The van der Waals surface area contributed by atoms with Crippen molar-refractivity contribution in [3.8, 4) is 0 Å². The van der Waals surface area contributed by atoms with Gasteiger partial charge in [0.15, 0.2) is 0 Å². The fraction of sp³-hybridized carbons (Fsp3) is 0.529. The minimum absolute atomic E-state index is 0.206. The van der Waals surface area contributed by atoms with Gasteiger partial charge in [-0.25, -0.2) is 4.79 Å². The van der Waals surface area contributed by atoms with Crippen LogP contribution in [0.3, 0.4) is 0 Å². The second kappa shape index (κ2) is 7.81. The highest BCUT2D eigenvalue weighted by atomic mass is 16.4. The van der Waals surface area contributed by atoms with Gasteiger partial charge >= 0.3 is 5.97 Å². The molecule has 1 amide bonds. The molecule has 1 rings (SSSR count). The molecule has 0 saturated heterocycles. The summed E-state index contributed by atoms with van der Waals surface area (Å²) in [4.78, 5) is 23.0. The van der Waals surface area contributed by atoms with E-state index in [2.05, 4.69) is 23.5 Å². The zero-order valence-corrected chi connectivity index (χ0v) is 13.3. The average Bonchev–Trinajstić information content (AvgIpc) is 2.33. The summed E-state index contributed by atoms with van der Waals surface area (Å²) in [5, 5.41) is 11.7. The highest BCUT2D eigenvalue weighted by Gasteiger charge is 2.20. The van der Waals surface area contributed by atoms with Crippen molar-refractivity contribution in [2.75, 3.05) is 0 Å². The molecular weight excluding hydrogens is 266 g/mol. The number of benzene rings is 1. The van der Waals surface area contributed by atoms with E-state index in [4.69, 9.17) is 5.11 Å². The number of aliphatic carboxylic acids is 1. The van der Waals surface area contributed by atoms with Crippen LogP contribution in [-0.4, -0.2) is 23.0 Å². The van der Waals surface area contributed by atoms with Crippen molar-refractivity contribution in [3.63, 3.8) is 0 Å². The van der Waals surface area contributed by atoms with Gasteiger partial charge in [-0.3, -0.25) is 4.79 Å². The third-order valence-corrected chi connectivity index (χ3v) is 3.26. The predicted molar refractivity (Wildman–Crippen MR) is 83.3 cm³/mol. The van der Waals surface area contributed by atoms with Crippen LogP contribution in [0.4, 0.5) is 0 Å². The van der Waals surface area contributed by atoms with Crippen LogP contribution in [-0.2, 0) is 16.0 Å². The van der Waals surface area contributed by atoms with Crippen LogP contribution >= 0.6 is 0 Å². The summed E-state index contributed by atoms with van der Waals surface area (Å²) in [6.45, 7) is 7.94. The Morgan fingerprint density at radius 3 is 2.19 bits per heavy atom. The fourth-order valence-corrected chi connectivity index (χ4v) is 2.43. The number of nitrogens with one attached hydrogen (secondary N) is 1. The molecule has 116 valence electrons. The molecule has 0 saturated carbocycles. The van der Waals surface area contributed by atoms with Crippen LogP contribution in [0.5, 0.6) is 0 Å². The maximum atomic E-state index is 11.9. The van der Waals surface area contributed by atoms with Crippen LogP contribution in [0.1, 0.15) is 43.4 Å². The molecule has 0 fully saturated rings. The topological polar surface area (TPSA) is 66.4 Å². The summed E-state index contributed by atoms with van der Waals surface area (Å²) < 4.78 is 0. The maximum absolute atomic E-state index is 11.9. The molecule has 0 aliphatic heterocycles. The van der Waals surface area contributed by atoms with Crippen molar-refractivity contribution >= 4 is 11.9 Å². The number of aryl methyl sites for hydroxylation is 3. The molecule has 0 radical (unpaired) electrons. The third-order valence-electron chi connectivity index (χ3n) is 3.26. The summed E-state index contributed by atoms with van der Waals surface area (Å²) in [6.07, 6.45) is 1.39. The van der Waals surface area contributed by atoms with Crippen LogP contribution in [0.25, 0.3) is 0 Å². The molecule has 1 atom stereocenters. The molecule has 0 aliphatic rings. The predicted octanol–water partition coefficient (Wildman–Crippen LogP) is 2.85. The minimum Gasteiger partial charge on any atom is -0.480 e. The maximum Gasteiger partial charge on any atom is 0.326 e. The molecule has 21 heavy (non-hydrogen) atoms. The van der Waals surface area contributed by atoms with Gasteiger partial charge in [0.25, 0.3) is 0 Å². The Hall–Kier alpha value is -1.84. The zero-order valence-electron chi connectivity index (χ0n) is 13.3. The van der Waals surface area contributed by atoms with E-state index in [9.17, 15) is 9.59 Å². The van der Waals surface area contributed by atoms with Gasteiger partial charge in [0.1, 0.15) is 6.04 Å². The SMILES string of the molecule is Cc1cc(C)cc(CCC(=O)N[C@H](CC(C)C)C(=O)O)c1. The van der Waals surface area contributed by atoms with Crippen molar-refractivity contribution < 1.29 is 14.7 Å². The zero-order chi connectivity index (χ0) is 16.0. The second-order valence-electron chi connectivity index (χ2n) is 6.08. The molecule has 0 unspecified atom stereocenters. The van der Waals surface area contributed by atoms with Crippen LogP contribution in [0.15, 0.2) is 18.2 Å². The van der Waals surface area contributed by atoms with Crippen LogP contribution in [0, 0.1) is 19.8 Å². The summed E-state index contributed by atoms with van der Waals surface area (Å²) in [6, 6.07) is 5.41. The molecular formula is C17H25NO3. The van der Waals surface area contributed by atoms with Gasteiger partial charge in [0.2, 0.25) is 5.91 Å².